The number of aliphatic imine (C=N–C) groups is 1. The average molecular weight is 384 g/mol. The molecule has 0 amide bonds. The van der Waals surface area contributed by atoms with Crippen molar-refractivity contribution in [3.8, 4) is 0 Å². The summed E-state index contributed by atoms with van der Waals surface area (Å²) in [4.78, 5) is 7.05. The van der Waals surface area contributed by atoms with Gasteiger partial charge in [0, 0.05) is 19.3 Å². The topological polar surface area (TPSA) is 83.0 Å². The van der Waals surface area contributed by atoms with E-state index in [-0.39, 0.29) is 6.04 Å². The predicted molar refractivity (Wildman–Crippen MR) is 110 cm³/mol. The number of nitrogens with zero attached hydrogens (tertiary/aromatic N) is 5. The smallest absolute Gasteiger partial charge is 0.191 e. The lowest BCUT2D eigenvalue weighted by Gasteiger charge is -2.28. The number of furan rings is 1. The van der Waals surface area contributed by atoms with Crippen LogP contribution in [0.25, 0.3) is 5.65 Å². The quantitative estimate of drug-likeness (QED) is 0.436. The number of hydrogen-bond acceptors (Lipinski definition) is 5. The second-order valence-electron chi connectivity index (χ2n) is 6.37. The first kappa shape index (κ1) is 19.9. The summed E-state index contributed by atoms with van der Waals surface area (Å²) in [6.07, 6.45) is 3.68. The van der Waals surface area contributed by atoms with Gasteiger partial charge in [0.1, 0.15) is 12.3 Å². The highest BCUT2D eigenvalue weighted by molar-refractivity contribution is 5.79. The molecule has 0 aliphatic rings. The van der Waals surface area contributed by atoms with Crippen LogP contribution in [0.4, 0.5) is 0 Å². The van der Waals surface area contributed by atoms with Gasteiger partial charge < -0.3 is 15.1 Å². The van der Waals surface area contributed by atoms with Gasteiger partial charge in [0.25, 0.3) is 0 Å². The highest BCUT2D eigenvalue weighted by Gasteiger charge is 2.20. The minimum absolute atomic E-state index is 0.141. The molecule has 0 saturated carbocycles. The summed E-state index contributed by atoms with van der Waals surface area (Å²) in [5.41, 5.74) is 0.824. The van der Waals surface area contributed by atoms with Gasteiger partial charge in [0.15, 0.2) is 17.4 Å². The van der Waals surface area contributed by atoms with Crippen molar-refractivity contribution >= 4 is 11.6 Å². The Hall–Kier alpha value is -2.87. The Bertz CT molecular complexity index is 868. The summed E-state index contributed by atoms with van der Waals surface area (Å²) < 4.78 is 7.63. The Kier molecular flexibility index (Phi) is 7.02. The molecule has 0 aliphatic heterocycles. The molecule has 0 bridgehead atoms. The van der Waals surface area contributed by atoms with Gasteiger partial charge in [0.2, 0.25) is 0 Å². The molecule has 3 aromatic heterocycles. The van der Waals surface area contributed by atoms with Crippen LogP contribution in [-0.4, -0.2) is 51.6 Å². The van der Waals surface area contributed by atoms with E-state index >= 15 is 0 Å². The van der Waals surface area contributed by atoms with E-state index in [1.54, 1.807) is 6.26 Å². The molecule has 0 aliphatic carbocycles. The van der Waals surface area contributed by atoms with Crippen molar-refractivity contribution in [3.63, 3.8) is 0 Å². The summed E-state index contributed by atoms with van der Waals surface area (Å²) >= 11 is 0. The zero-order chi connectivity index (χ0) is 19.8. The van der Waals surface area contributed by atoms with Crippen LogP contribution in [-0.2, 0) is 6.54 Å². The summed E-state index contributed by atoms with van der Waals surface area (Å²) in [7, 11) is 0. The number of rotatable bonds is 9. The minimum atomic E-state index is 0.141. The van der Waals surface area contributed by atoms with Gasteiger partial charge in [0.05, 0.1) is 12.3 Å². The van der Waals surface area contributed by atoms with Crippen LogP contribution in [0.3, 0.4) is 0 Å². The molecular weight excluding hydrogens is 354 g/mol. The molecule has 150 valence electrons. The fourth-order valence-electron chi connectivity index (χ4n) is 3.24. The van der Waals surface area contributed by atoms with Crippen molar-refractivity contribution in [1.29, 1.82) is 0 Å². The van der Waals surface area contributed by atoms with Crippen LogP contribution in [0.15, 0.2) is 52.2 Å². The van der Waals surface area contributed by atoms with E-state index in [2.05, 4.69) is 46.5 Å². The maximum absolute atomic E-state index is 5.68. The van der Waals surface area contributed by atoms with Crippen LogP contribution in [0.5, 0.6) is 0 Å². The Morgan fingerprint density at radius 2 is 2.00 bits per heavy atom. The SMILES string of the molecule is CCNC(=NCc1nnc2ccccn12)NCC(c1ccco1)N(CC)CC. The second-order valence-corrected chi connectivity index (χ2v) is 6.37. The third kappa shape index (κ3) is 4.69. The molecule has 0 aromatic carbocycles. The van der Waals surface area contributed by atoms with Gasteiger partial charge in [-0.25, -0.2) is 4.99 Å². The van der Waals surface area contributed by atoms with Crippen molar-refractivity contribution in [2.75, 3.05) is 26.2 Å². The monoisotopic (exact) mass is 383 g/mol. The van der Waals surface area contributed by atoms with Gasteiger partial charge in [-0.2, -0.15) is 0 Å². The van der Waals surface area contributed by atoms with Crippen LogP contribution >= 0.6 is 0 Å². The van der Waals surface area contributed by atoms with E-state index in [1.807, 2.05) is 40.9 Å². The highest BCUT2D eigenvalue weighted by Crippen LogP contribution is 2.20. The number of likely N-dealkylation sites (N-methyl/N-ethyl adjacent to an activating group) is 1. The van der Waals surface area contributed by atoms with E-state index in [9.17, 15) is 0 Å². The maximum Gasteiger partial charge on any atom is 0.191 e. The molecule has 8 nitrogen and oxygen atoms in total. The van der Waals surface area contributed by atoms with E-state index in [4.69, 9.17) is 9.41 Å². The number of fused-ring (bicyclic) bond motifs is 1. The highest BCUT2D eigenvalue weighted by atomic mass is 16.3. The number of pyridine rings is 1. The fourth-order valence-corrected chi connectivity index (χ4v) is 3.24. The predicted octanol–water partition coefficient (Wildman–Crippen LogP) is 2.46. The van der Waals surface area contributed by atoms with Crippen LogP contribution < -0.4 is 10.6 Å². The van der Waals surface area contributed by atoms with Crippen molar-refractivity contribution in [2.45, 2.75) is 33.4 Å². The lowest BCUT2D eigenvalue weighted by molar-refractivity contribution is 0.193. The van der Waals surface area contributed by atoms with Gasteiger partial charge in [-0.15, -0.1) is 10.2 Å². The molecule has 1 unspecified atom stereocenters. The van der Waals surface area contributed by atoms with Gasteiger partial charge in [-0.05, 0) is 44.3 Å². The molecule has 0 saturated heterocycles. The zero-order valence-corrected chi connectivity index (χ0v) is 16.8. The van der Waals surface area contributed by atoms with E-state index in [1.165, 1.54) is 0 Å². The first-order chi connectivity index (χ1) is 13.8. The summed E-state index contributed by atoms with van der Waals surface area (Å²) in [5.74, 6) is 2.51. The zero-order valence-electron chi connectivity index (χ0n) is 16.8. The molecule has 1 atom stereocenters. The van der Waals surface area contributed by atoms with Gasteiger partial charge in [-0.3, -0.25) is 9.30 Å². The summed E-state index contributed by atoms with van der Waals surface area (Å²) in [6, 6.07) is 9.94. The Morgan fingerprint density at radius 1 is 1.14 bits per heavy atom. The number of guanidine groups is 1. The first-order valence-corrected chi connectivity index (χ1v) is 9.85. The molecule has 28 heavy (non-hydrogen) atoms. The molecule has 0 spiro atoms. The van der Waals surface area contributed by atoms with Crippen molar-refractivity contribution in [1.82, 2.24) is 30.1 Å². The molecule has 0 fully saturated rings. The van der Waals surface area contributed by atoms with Crippen molar-refractivity contribution in [2.24, 2.45) is 4.99 Å². The summed E-state index contributed by atoms with van der Waals surface area (Å²) in [5, 5.41) is 15.2. The fraction of sp³-hybridized carbons (Fsp3) is 0.450. The Balaban J connectivity index is 1.71. The van der Waals surface area contributed by atoms with E-state index < -0.39 is 0 Å². The Labute approximate surface area is 165 Å². The van der Waals surface area contributed by atoms with E-state index in [0.717, 1.165) is 42.8 Å². The maximum atomic E-state index is 5.68. The molecule has 8 heteroatoms. The van der Waals surface area contributed by atoms with Crippen LogP contribution in [0.2, 0.25) is 0 Å². The lowest BCUT2D eigenvalue weighted by atomic mass is 10.2. The third-order valence-electron chi connectivity index (χ3n) is 4.69. The van der Waals surface area contributed by atoms with Crippen molar-refractivity contribution in [3.05, 3.63) is 54.4 Å². The lowest BCUT2D eigenvalue weighted by Crippen LogP contribution is -2.43. The first-order valence-electron chi connectivity index (χ1n) is 9.85. The second kappa shape index (κ2) is 9.89. The largest absolute Gasteiger partial charge is 0.468 e. The number of aromatic nitrogens is 3. The van der Waals surface area contributed by atoms with Gasteiger partial charge in [-0.1, -0.05) is 19.9 Å². The standard InChI is InChI=1S/C20H29N7O/c1-4-21-20(23-15-19-25-24-18-11-7-8-12-27(18)19)22-14-16(26(5-2)6-3)17-10-9-13-28-17/h7-13,16H,4-6,14-15H2,1-3H3,(H2,21,22,23). The van der Waals surface area contributed by atoms with Gasteiger partial charge >= 0.3 is 0 Å². The van der Waals surface area contributed by atoms with Crippen molar-refractivity contribution < 1.29 is 4.42 Å². The average Bonchev–Trinajstić information content (AvgIpc) is 3.39. The van der Waals surface area contributed by atoms with Crippen LogP contribution in [0, 0.1) is 0 Å². The molecular formula is C20H29N7O. The molecule has 2 N–H and O–H groups in total. The van der Waals surface area contributed by atoms with E-state index in [0.29, 0.717) is 13.1 Å². The molecule has 3 rings (SSSR count). The molecule has 0 radical (unpaired) electrons. The van der Waals surface area contributed by atoms with Crippen LogP contribution in [0.1, 0.15) is 38.4 Å². The number of nitrogens with one attached hydrogen (secondary N) is 2. The normalized spacial score (nSPS) is 13.2. The minimum Gasteiger partial charge on any atom is -0.468 e. The molecule has 3 aromatic rings. The summed E-state index contributed by atoms with van der Waals surface area (Å²) in [6.45, 7) is 10.2. The Morgan fingerprint density at radius 3 is 2.71 bits per heavy atom. The molecule has 3 heterocycles. The third-order valence-corrected chi connectivity index (χ3v) is 4.69. The number of hydrogen-bond donors (Lipinski definition) is 2.